The van der Waals surface area contributed by atoms with Crippen molar-refractivity contribution in [3.05, 3.63) is 34.8 Å². The number of hydrogen-bond donors (Lipinski definition) is 0. The van der Waals surface area contributed by atoms with Gasteiger partial charge in [-0.25, -0.2) is 4.98 Å². The fourth-order valence-corrected chi connectivity index (χ4v) is 4.59. The average Bonchev–Trinajstić information content (AvgIpc) is 3.25. The summed E-state index contributed by atoms with van der Waals surface area (Å²) in [5.74, 6) is 0.939. The fraction of sp³-hybridized carbons (Fsp3) is 0.500. The first-order valence-corrected chi connectivity index (χ1v) is 10.1. The van der Waals surface area contributed by atoms with E-state index in [1.807, 2.05) is 12.3 Å². The third kappa shape index (κ3) is 3.93. The van der Waals surface area contributed by atoms with Gasteiger partial charge in [0.1, 0.15) is 10.8 Å². The molecule has 0 aliphatic carbocycles. The SMILES string of the molecule is CC1CCCN1CCCOc1cccc(-c2nc3c(s2)C=NCC3)c1. The monoisotopic (exact) mass is 355 g/mol. The molecule has 2 aliphatic heterocycles. The summed E-state index contributed by atoms with van der Waals surface area (Å²) in [4.78, 5) is 12.9. The lowest BCUT2D eigenvalue weighted by atomic mass is 10.2. The molecule has 1 unspecified atom stereocenters. The molecule has 1 atom stereocenters. The summed E-state index contributed by atoms with van der Waals surface area (Å²) in [6.07, 6.45) is 6.67. The van der Waals surface area contributed by atoms with E-state index in [-0.39, 0.29) is 0 Å². The molecule has 0 bridgehead atoms. The number of hydrogen-bond acceptors (Lipinski definition) is 5. The van der Waals surface area contributed by atoms with Crippen molar-refractivity contribution in [2.45, 2.75) is 38.6 Å². The van der Waals surface area contributed by atoms with Crippen LogP contribution in [0.5, 0.6) is 5.75 Å². The van der Waals surface area contributed by atoms with Gasteiger partial charge in [0.25, 0.3) is 0 Å². The van der Waals surface area contributed by atoms with Gasteiger partial charge in [-0.05, 0) is 44.9 Å². The molecule has 3 heterocycles. The summed E-state index contributed by atoms with van der Waals surface area (Å²) < 4.78 is 5.99. The Morgan fingerprint density at radius 3 is 3.16 bits per heavy atom. The van der Waals surface area contributed by atoms with E-state index in [0.717, 1.165) is 54.9 Å². The number of rotatable bonds is 6. The zero-order valence-corrected chi connectivity index (χ0v) is 15.6. The maximum Gasteiger partial charge on any atom is 0.124 e. The van der Waals surface area contributed by atoms with Gasteiger partial charge in [-0.15, -0.1) is 11.3 Å². The van der Waals surface area contributed by atoms with Crippen LogP contribution in [0.1, 0.15) is 36.8 Å². The quantitative estimate of drug-likeness (QED) is 0.734. The van der Waals surface area contributed by atoms with E-state index < -0.39 is 0 Å². The van der Waals surface area contributed by atoms with E-state index in [1.54, 1.807) is 11.3 Å². The molecule has 0 spiro atoms. The Morgan fingerprint density at radius 1 is 1.36 bits per heavy atom. The minimum absolute atomic E-state index is 0.739. The van der Waals surface area contributed by atoms with Gasteiger partial charge in [-0.3, -0.25) is 4.99 Å². The first kappa shape index (κ1) is 16.7. The Labute approximate surface area is 153 Å². The lowest BCUT2D eigenvalue weighted by Gasteiger charge is -2.20. The van der Waals surface area contributed by atoms with Crippen molar-refractivity contribution in [3.8, 4) is 16.3 Å². The zero-order chi connectivity index (χ0) is 17.1. The van der Waals surface area contributed by atoms with Crippen molar-refractivity contribution in [1.29, 1.82) is 0 Å². The molecule has 0 amide bonds. The van der Waals surface area contributed by atoms with E-state index in [1.165, 1.54) is 30.0 Å². The van der Waals surface area contributed by atoms with Gasteiger partial charge in [0.05, 0.1) is 17.2 Å². The van der Waals surface area contributed by atoms with Crippen LogP contribution in [-0.2, 0) is 6.42 Å². The fourth-order valence-electron chi connectivity index (χ4n) is 3.59. The van der Waals surface area contributed by atoms with Crippen molar-refractivity contribution in [2.24, 2.45) is 4.99 Å². The highest BCUT2D eigenvalue weighted by molar-refractivity contribution is 7.16. The second-order valence-electron chi connectivity index (χ2n) is 6.87. The van der Waals surface area contributed by atoms with Crippen LogP contribution in [0.15, 0.2) is 29.3 Å². The molecule has 5 heteroatoms. The van der Waals surface area contributed by atoms with Gasteiger partial charge in [0.2, 0.25) is 0 Å². The first-order valence-electron chi connectivity index (χ1n) is 9.26. The number of likely N-dealkylation sites (tertiary alicyclic amines) is 1. The van der Waals surface area contributed by atoms with Gasteiger partial charge in [-0.2, -0.15) is 0 Å². The Balaban J connectivity index is 1.35. The number of aliphatic imine (C=N–C) groups is 1. The summed E-state index contributed by atoms with van der Waals surface area (Å²) in [5.41, 5.74) is 2.32. The molecule has 2 aromatic rings. The normalized spacial score (nSPS) is 20.0. The Bertz CT molecular complexity index is 755. The van der Waals surface area contributed by atoms with Crippen molar-refractivity contribution in [1.82, 2.24) is 9.88 Å². The summed E-state index contributed by atoms with van der Waals surface area (Å²) in [6.45, 7) is 6.34. The van der Waals surface area contributed by atoms with Crippen LogP contribution in [0.2, 0.25) is 0 Å². The van der Waals surface area contributed by atoms with Gasteiger partial charge >= 0.3 is 0 Å². The minimum Gasteiger partial charge on any atom is -0.494 e. The van der Waals surface area contributed by atoms with Crippen LogP contribution in [0.4, 0.5) is 0 Å². The van der Waals surface area contributed by atoms with E-state index in [4.69, 9.17) is 9.72 Å². The molecule has 25 heavy (non-hydrogen) atoms. The largest absolute Gasteiger partial charge is 0.494 e. The number of ether oxygens (including phenoxy) is 1. The highest BCUT2D eigenvalue weighted by Crippen LogP contribution is 2.30. The van der Waals surface area contributed by atoms with E-state index >= 15 is 0 Å². The Kier molecular flexibility index (Phi) is 5.13. The molecule has 132 valence electrons. The van der Waals surface area contributed by atoms with E-state index in [0.29, 0.717) is 0 Å². The number of benzene rings is 1. The highest BCUT2D eigenvalue weighted by Gasteiger charge is 2.19. The number of aromatic nitrogens is 1. The lowest BCUT2D eigenvalue weighted by Crippen LogP contribution is -2.28. The lowest BCUT2D eigenvalue weighted by molar-refractivity contribution is 0.230. The molecule has 1 aromatic heterocycles. The van der Waals surface area contributed by atoms with Crippen LogP contribution >= 0.6 is 11.3 Å². The molecule has 1 fully saturated rings. The second kappa shape index (κ2) is 7.67. The van der Waals surface area contributed by atoms with Crippen molar-refractivity contribution < 1.29 is 4.74 Å². The molecule has 0 saturated carbocycles. The number of nitrogens with zero attached hydrogens (tertiary/aromatic N) is 3. The van der Waals surface area contributed by atoms with Gasteiger partial charge in [-0.1, -0.05) is 12.1 Å². The molecular weight excluding hydrogens is 330 g/mol. The predicted molar refractivity (Wildman–Crippen MR) is 104 cm³/mol. The molecule has 0 radical (unpaired) electrons. The van der Waals surface area contributed by atoms with Crippen LogP contribution in [-0.4, -0.2) is 48.4 Å². The zero-order valence-electron chi connectivity index (χ0n) is 14.8. The van der Waals surface area contributed by atoms with Crippen molar-refractivity contribution >= 4 is 17.6 Å². The van der Waals surface area contributed by atoms with E-state index in [9.17, 15) is 0 Å². The average molecular weight is 356 g/mol. The molecule has 4 nitrogen and oxygen atoms in total. The standard InChI is InChI=1S/C20H25N3OS/c1-15-5-3-10-23(15)11-4-12-24-17-7-2-6-16(13-17)20-22-18-8-9-21-14-19(18)25-20/h2,6-7,13-15H,3-5,8-12H2,1H3. The number of thiazole rings is 1. The van der Waals surface area contributed by atoms with Crippen molar-refractivity contribution in [3.63, 3.8) is 0 Å². The third-order valence-electron chi connectivity index (χ3n) is 5.04. The van der Waals surface area contributed by atoms with Gasteiger partial charge < -0.3 is 9.64 Å². The molecule has 0 N–H and O–H groups in total. The van der Waals surface area contributed by atoms with Crippen LogP contribution < -0.4 is 4.74 Å². The van der Waals surface area contributed by atoms with Crippen LogP contribution in [0.25, 0.3) is 10.6 Å². The Morgan fingerprint density at radius 2 is 2.32 bits per heavy atom. The van der Waals surface area contributed by atoms with Gasteiger partial charge in [0.15, 0.2) is 0 Å². The second-order valence-corrected chi connectivity index (χ2v) is 7.90. The molecule has 1 saturated heterocycles. The first-order chi connectivity index (χ1) is 12.3. The third-order valence-corrected chi connectivity index (χ3v) is 6.13. The summed E-state index contributed by atoms with van der Waals surface area (Å²) in [6, 6.07) is 9.06. The molecule has 1 aromatic carbocycles. The predicted octanol–water partition coefficient (Wildman–Crippen LogP) is 4.04. The summed E-state index contributed by atoms with van der Waals surface area (Å²) in [7, 11) is 0. The summed E-state index contributed by atoms with van der Waals surface area (Å²) in [5, 5.41) is 1.06. The molecule has 2 aliphatic rings. The highest BCUT2D eigenvalue weighted by atomic mass is 32.1. The van der Waals surface area contributed by atoms with Crippen LogP contribution in [0.3, 0.4) is 0 Å². The van der Waals surface area contributed by atoms with E-state index in [2.05, 4.69) is 35.0 Å². The maximum atomic E-state index is 5.99. The Hall–Kier alpha value is -1.72. The topological polar surface area (TPSA) is 37.7 Å². The van der Waals surface area contributed by atoms with Gasteiger partial charge in [0, 0.05) is 37.3 Å². The maximum absolute atomic E-state index is 5.99. The number of fused-ring (bicyclic) bond motifs is 1. The molecule has 4 rings (SSSR count). The smallest absolute Gasteiger partial charge is 0.124 e. The minimum atomic E-state index is 0.739. The van der Waals surface area contributed by atoms with Crippen molar-refractivity contribution in [2.75, 3.05) is 26.2 Å². The van der Waals surface area contributed by atoms with Crippen LogP contribution in [0, 0.1) is 0 Å². The summed E-state index contributed by atoms with van der Waals surface area (Å²) >= 11 is 1.72. The molecular formula is C20H25N3OS.